The number of nitriles is 1. The second-order valence-corrected chi connectivity index (χ2v) is 5.82. The largest absolute Gasteiger partial charge is 0.349 e. The maximum absolute atomic E-state index is 13.2. The average molecular weight is 362 g/mol. The van der Waals surface area contributed by atoms with Gasteiger partial charge in [0.05, 0.1) is 10.1 Å². The molecule has 0 radical (unpaired) electrons. The molecular weight excluding hydrogens is 349 g/mol. The van der Waals surface area contributed by atoms with E-state index in [4.69, 9.17) is 11.6 Å². The lowest BCUT2D eigenvalue weighted by Crippen LogP contribution is -2.16. The lowest BCUT2D eigenvalue weighted by atomic mass is 10.2. The molecule has 2 rings (SSSR count). The van der Waals surface area contributed by atoms with E-state index in [1.807, 2.05) is 12.1 Å². The lowest BCUT2D eigenvalue weighted by Gasteiger charge is -2.12. The molecule has 0 spiro atoms. The van der Waals surface area contributed by atoms with Crippen molar-refractivity contribution < 1.29 is 9.18 Å². The summed E-state index contributed by atoms with van der Waals surface area (Å²) in [6, 6.07) is 14.8. The molecule has 0 aliphatic heterocycles. The van der Waals surface area contributed by atoms with Crippen molar-refractivity contribution in [3.05, 3.63) is 70.0 Å². The Morgan fingerprint density at radius 3 is 2.46 bits per heavy atom. The standard InChI is InChI=1S/C17H13ClFN3OS/c1-24-17(22-12-7-8-15(19)14(18)9-12)13(10-20)16(23)21-11-5-3-2-4-6-11/h2-9,22H,1H3,(H,21,23). The number of nitrogens with one attached hydrogen (secondary N) is 2. The van der Waals surface area contributed by atoms with Gasteiger partial charge in [0, 0.05) is 11.4 Å². The second kappa shape index (κ2) is 8.39. The number of nitrogens with zero attached hydrogens (tertiary/aromatic N) is 1. The maximum atomic E-state index is 13.2. The Bertz CT molecular complexity index is 818. The zero-order valence-corrected chi connectivity index (χ0v) is 14.2. The molecule has 1 amide bonds. The SMILES string of the molecule is CSC(Nc1ccc(F)c(Cl)c1)=C(C#N)C(=O)Nc1ccccc1. The molecule has 2 N–H and O–H groups in total. The van der Waals surface area contributed by atoms with Gasteiger partial charge in [0.1, 0.15) is 17.5 Å². The molecule has 4 nitrogen and oxygen atoms in total. The first kappa shape index (κ1) is 17.9. The minimum atomic E-state index is -0.542. The first-order chi connectivity index (χ1) is 11.5. The van der Waals surface area contributed by atoms with Crippen LogP contribution in [0.25, 0.3) is 0 Å². The predicted octanol–water partition coefficient (Wildman–Crippen LogP) is 4.63. The zero-order chi connectivity index (χ0) is 17.5. The number of hydrogen-bond acceptors (Lipinski definition) is 4. The molecule has 7 heteroatoms. The van der Waals surface area contributed by atoms with Crippen LogP contribution in [0.1, 0.15) is 0 Å². The van der Waals surface area contributed by atoms with Gasteiger partial charge >= 0.3 is 0 Å². The lowest BCUT2D eigenvalue weighted by molar-refractivity contribution is -0.112. The van der Waals surface area contributed by atoms with E-state index in [0.717, 1.165) is 0 Å². The first-order valence-electron chi connectivity index (χ1n) is 6.82. The number of amides is 1. The van der Waals surface area contributed by atoms with Crippen LogP contribution < -0.4 is 10.6 Å². The Labute approximate surface area is 148 Å². The van der Waals surface area contributed by atoms with Gasteiger partial charge in [0.2, 0.25) is 0 Å². The summed E-state index contributed by atoms with van der Waals surface area (Å²) in [6.07, 6.45) is 1.72. The van der Waals surface area contributed by atoms with Crippen LogP contribution in [0.4, 0.5) is 15.8 Å². The molecule has 122 valence electrons. The molecule has 0 saturated carbocycles. The molecule has 0 aliphatic carbocycles. The van der Waals surface area contributed by atoms with Gasteiger partial charge in [-0.05, 0) is 36.6 Å². The first-order valence-corrected chi connectivity index (χ1v) is 8.42. The Morgan fingerprint density at radius 1 is 1.17 bits per heavy atom. The van der Waals surface area contributed by atoms with E-state index in [2.05, 4.69) is 10.6 Å². The monoisotopic (exact) mass is 361 g/mol. The van der Waals surface area contributed by atoms with Gasteiger partial charge in [-0.1, -0.05) is 29.8 Å². The van der Waals surface area contributed by atoms with Gasteiger partial charge in [-0.25, -0.2) is 4.39 Å². The predicted molar refractivity (Wildman–Crippen MR) is 96.3 cm³/mol. The minimum absolute atomic E-state index is 0.0484. The number of carbonyl (C=O) groups excluding carboxylic acids is 1. The Morgan fingerprint density at radius 2 is 1.88 bits per heavy atom. The van der Waals surface area contributed by atoms with Gasteiger partial charge in [-0.2, -0.15) is 5.26 Å². The normalized spacial score (nSPS) is 11.2. The summed E-state index contributed by atoms with van der Waals surface area (Å²) in [5.41, 5.74) is 0.985. The topological polar surface area (TPSA) is 64.9 Å². The third kappa shape index (κ3) is 4.51. The molecule has 0 heterocycles. The fraction of sp³-hybridized carbons (Fsp3) is 0.0588. The minimum Gasteiger partial charge on any atom is -0.349 e. The van der Waals surface area contributed by atoms with Gasteiger partial charge < -0.3 is 10.6 Å². The molecule has 0 aromatic heterocycles. The van der Waals surface area contributed by atoms with E-state index in [0.29, 0.717) is 16.4 Å². The van der Waals surface area contributed by atoms with E-state index < -0.39 is 11.7 Å². The average Bonchev–Trinajstić information content (AvgIpc) is 2.58. The summed E-state index contributed by atoms with van der Waals surface area (Å²) in [4.78, 5) is 12.3. The highest BCUT2D eigenvalue weighted by molar-refractivity contribution is 8.02. The van der Waals surface area contributed by atoms with Gasteiger partial charge in [-0.15, -0.1) is 11.8 Å². The molecule has 0 bridgehead atoms. The number of thioether (sulfide) groups is 1. The third-order valence-electron chi connectivity index (χ3n) is 2.98. The van der Waals surface area contributed by atoms with Crippen LogP contribution in [0, 0.1) is 17.1 Å². The number of halogens is 2. The summed E-state index contributed by atoms with van der Waals surface area (Å²) >= 11 is 6.94. The Balaban J connectivity index is 2.26. The molecule has 2 aromatic carbocycles. The maximum Gasteiger partial charge on any atom is 0.269 e. The van der Waals surface area contributed by atoms with E-state index in [1.165, 1.54) is 30.0 Å². The molecule has 0 saturated heterocycles. The fourth-order valence-corrected chi connectivity index (χ4v) is 2.58. The molecule has 0 aliphatic rings. The van der Waals surface area contributed by atoms with Crippen LogP contribution in [0.15, 0.2) is 59.1 Å². The van der Waals surface area contributed by atoms with Gasteiger partial charge in [0.25, 0.3) is 5.91 Å². The van der Waals surface area contributed by atoms with E-state index in [-0.39, 0.29) is 10.6 Å². The van der Waals surface area contributed by atoms with Crippen LogP contribution in [0.2, 0.25) is 5.02 Å². The van der Waals surface area contributed by atoms with Crippen molar-refractivity contribution >= 4 is 40.6 Å². The highest BCUT2D eigenvalue weighted by Crippen LogP contribution is 2.25. The van der Waals surface area contributed by atoms with Crippen molar-refractivity contribution in [3.63, 3.8) is 0 Å². The summed E-state index contributed by atoms with van der Waals surface area (Å²) in [5.74, 6) is -1.08. The van der Waals surface area contributed by atoms with Crippen molar-refractivity contribution in [3.8, 4) is 6.07 Å². The van der Waals surface area contributed by atoms with Crippen molar-refractivity contribution in [2.24, 2.45) is 0 Å². The highest BCUT2D eigenvalue weighted by Gasteiger charge is 2.16. The van der Waals surface area contributed by atoms with Crippen LogP contribution in [-0.2, 0) is 4.79 Å². The summed E-state index contributed by atoms with van der Waals surface area (Å²) in [6.45, 7) is 0. The van der Waals surface area contributed by atoms with Crippen molar-refractivity contribution in [1.29, 1.82) is 5.26 Å². The summed E-state index contributed by atoms with van der Waals surface area (Å²) < 4.78 is 13.2. The van der Waals surface area contributed by atoms with E-state index in [9.17, 15) is 14.4 Å². The number of benzene rings is 2. The summed E-state index contributed by atoms with van der Waals surface area (Å²) in [7, 11) is 0. The molecule has 24 heavy (non-hydrogen) atoms. The molecular formula is C17H13ClFN3OS. The molecule has 0 fully saturated rings. The van der Waals surface area contributed by atoms with Crippen LogP contribution in [-0.4, -0.2) is 12.2 Å². The molecule has 0 atom stereocenters. The molecule has 2 aromatic rings. The van der Waals surface area contributed by atoms with Crippen molar-refractivity contribution in [1.82, 2.24) is 0 Å². The number of para-hydroxylation sites is 1. The van der Waals surface area contributed by atoms with Crippen LogP contribution >= 0.6 is 23.4 Å². The van der Waals surface area contributed by atoms with Crippen LogP contribution in [0.3, 0.4) is 0 Å². The third-order valence-corrected chi connectivity index (χ3v) is 3.98. The summed E-state index contributed by atoms with van der Waals surface area (Å²) in [5, 5.41) is 15.2. The Kier molecular flexibility index (Phi) is 6.24. The number of anilines is 2. The Hall–Kier alpha value is -2.49. The fourth-order valence-electron chi connectivity index (χ4n) is 1.84. The smallest absolute Gasteiger partial charge is 0.269 e. The van der Waals surface area contributed by atoms with E-state index >= 15 is 0 Å². The van der Waals surface area contributed by atoms with Gasteiger partial charge in [0.15, 0.2) is 0 Å². The second-order valence-electron chi connectivity index (χ2n) is 4.59. The van der Waals surface area contributed by atoms with Crippen molar-refractivity contribution in [2.45, 2.75) is 0 Å². The van der Waals surface area contributed by atoms with Crippen LogP contribution in [0.5, 0.6) is 0 Å². The van der Waals surface area contributed by atoms with Gasteiger partial charge in [-0.3, -0.25) is 4.79 Å². The number of hydrogen-bond donors (Lipinski definition) is 2. The quantitative estimate of drug-likeness (QED) is 0.602. The van der Waals surface area contributed by atoms with E-state index in [1.54, 1.807) is 30.5 Å². The number of carbonyl (C=O) groups is 1. The molecule has 0 unspecified atom stereocenters. The van der Waals surface area contributed by atoms with Crippen molar-refractivity contribution in [2.75, 3.05) is 16.9 Å². The highest BCUT2D eigenvalue weighted by atomic mass is 35.5. The number of rotatable bonds is 5. The zero-order valence-electron chi connectivity index (χ0n) is 12.6.